The van der Waals surface area contributed by atoms with E-state index in [0.29, 0.717) is 36.4 Å². The molecule has 1 amide bonds. The van der Waals surface area contributed by atoms with E-state index in [1.165, 1.54) is 12.1 Å². The van der Waals surface area contributed by atoms with Gasteiger partial charge in [0, 0.05) is 24.7 Å². The molecule has 0 aliphatic carbocycles. The maximum absolute atomic E-state index is 12.4. The highest BCUT2D eigenvalue weighted by atomic mass is 16.4. The zero-order chi connectivity index (χ0) is 32.1. The minimum atomic E-state index is -1.30. The first-order valence-corrected chi connectivity index (χ1v) is 13.1. The fourth-order valence-corrected chi connectivity index (χ4v) is 3.66. The van der Waals surface area contributed by atoms with Crippen LogP contribution in [0.5, 0.6) is 0 Å². The molecule has 0 aliphatic heterocycles. The molecule has 12 N–H and O–H groups in total. The number of aliphatic carboxylic acids is 3. The highest BCUT2D eigenvalue weighted by molar-refractivity contribution is 5.97. The van der Waals surface area contributed by atoms with Crippen LogP contribution in [0.4, 0.5) is 17.5 Å². The van der Waals surface area contributed by atoms with Crippen molar-refractivity contribution in [3.05, 3.63) is 41.7 Å². The maximum Gasteiger partial charge on any atom is 0.326 e. The molecular weight excluding hydrogens is 564 g/mol. The number of carboxylic acids is 3. The smallest absolute Gasteiger partial charge is 0.326 e. The van der Waals surface area contributed by atoms with E-state index in [1.807, 2.05) is 11.9 Å². The van der Waals surface area contributed by atoms with Crippen molar-refractivity contribution in [2.45, 2.75) is 50.7 Å². The first-order valence-electron chi connectivity index (χ1n) is 13.1. The third kappa shape index (κ3) is 11.0. The number of hydrogen-bond donors (Lipinski definition) is 8. The molecule has 3 aromatic rings. The second-order valence-corrected chi connectivity index (χ2v) is 9.43. The number of nitrogens with one attached hydrogen (secondary N) is 1. The number of nitrogens with two attached hydrogens (primary N) is 4. The molecule has 232 valence electrons. The Morgan fingerprint density at radius 3 is 2.21 bits per heavy atom. The number of hydrogen-bond acceptors (Lipinski definition) is 13. The van der Waals surface area contributed by atoms with Crippen LogP contribution in [-0.2, 0) is 20.9 Å². The molecule has 0 saturated heterocycles. The topological polar surface area (TPSA) is 300 Å². The molecule has 2 atom stereocenters. The van der Waals surface area contributed by atoms with Gasteiger partial charge in [0.15, 0.2) is 17.0 Å². The van der Waals surface area contributed by atoms with Crippen LogP contribution in [0.1, 0.15) is 48.2 Å². The summed E-state index contributed by atoms with van der Waals surface area (Å²) in [7, 11) is 1.82. The third-order valence-electron chi connectivity index (χ3n) is 6.01. The van der Waals surface area contributed by atoms with Crippen molar-refractivity contribution in [2.24, 2.45) is 11.5 Å². The molecule has 0 unspecified atom stereocenters. The first-order chi connectivity index (χ1) is 20.3. The molecule has 3 rings (SSSR count). The summed E-state index contributed by atoms with van der Waals surface area (Å²) in [4.78, 5) is 62.8. The standard InChI is InChI=1S/C20H22N8O5.C6H14N2O2/c1-28(9-11-8-23-17-15(24-11)16(21)26-20(22)27-17)12-4-2-10(3-5-12)18(31)25-13(19(32)33)6-7-14(29)30;7-4-2-1-3-5(8)6(9)10/h2-5,8,13H,6-7,9H2,1H3,(H,25,31)(H,29,30)(H,32,33)(H4,21,22,23,26,27);5H,1-4,7-8H2,(H,9,10)/t13-;5-/m00/s1. The van der Waals surface area contributed by atoms with E-state index in [9.17, 15) is 24.3 Å². The molecule has 17 heteroatoms. The van der Waals surface area contributed by atoms with Gasteiger partial charge in [0.05, 0.1) is 18.4 Å². The number of carbonyl (C=O) groups excluding carboxylic acids is 1. The van der Waals surface area contributed by atoms with Gasteiger partial charge in [0.1, 0.15) is 12.1 Å². The summed E-state index contributed by atoms with van der Waals surface area (Å²) in [6, 6.07) is 4.44. The van der Waals surface area contributed by atoms with E-state index in [1.54, 1.807) is 18.3 Å². The highest BCUT2D eigenvalue weighted by Gasteiger charge is 2.21. The fourth-order valence-electron chi connectivity index (χ4n) is 3.66. The van der Waals surface area contributed by atoms with Crippen molar-refractivity contribution < 1.29 is 34.5 Å². The summed E-state index contributed by atoms with van der Waals surface area (Å²) in [5.41, 5.74) is 24.1. The zero-order valence-corrected chi connectivity index (χ0v) is 23.5. The summed E-state index contributed by atoms with van der Waals surface area (Å²) in [6.07, 6.45) is 3.13. The highest BCUT2D eigenvalue weighted by Crippen LogP contribution is 2.19. The molecule has 2 heterocycles. The Morgan fingerprint density at radius 2 is 1.63 bits per heavy atom. The Morgan fingerprint density at radius 1 is 0.953 bits per heavy atom. The van der Waals surface area contributed by atoms with Crippen LogP contribution >= 0.6 is 0 Å². The molecule has 43 heavy (non-hydrogen) atoms. The summed E-state index contributed by atoms with van der Waals surface area (Å²) in [6.45, 7) is 0.973. The van der Waals surface area contributed by atoms with Crippen LogP contribution in [0.25, 0.3) is 11.2 Å². The second-order valence-electron chi connectivity index (χ2n) is 9.43. The van der Waals surface area contributed by atoms with E-state index in [-0.39, 0.29) is 30.2 Å². The van der Waals surface area contributed by atoms with Crippen molar-refractivity contribution in [1.29, 1.82) is 0 Å². The minimum absolute atomic E-state index is 0.0138. The second kappa shape index (κ2) is 16.3. The van der Waals surface area contributed by atoms with E-state index >= 15 is 0 Å². The predicted molar refractivity (Wildman–Crippen MR) is 157 cm³/mol. The average molecular weight is 601 g/mol. The van der Waals surface area contributed by atoms with Gasteiger partial charge < -0.3 is 48.5 Å². The number of benzene rings is 1. The molecule has 2 aromatic heterocycles. The summed E-state index contributed by atoms with van der Waals surface area (Å²) < 4.78 is 0. The van der Waals surface area contributed by atoms with Gasteiger partial charge in [-0.1, -0.05) is 6.42 Å². The van der Waals surface area contributed by atoms with E-state index in [2.05, 4.69) is 25.3 Å². The lowest BCUT2D eigenvalue weighted by atomic mass is 10.1. The largest absolute Gasteiger partial charge is 0.481 e. The number of amides is 1. The number of anilines is 3. The Kier molecular flexibility index (Phi) is 12.9. The van der Waals surface area contributed by atoms with Crippen molar-refractivity contribution in [3.8, 4) is 0 Å². The molecule has 0 spiro atoms. The zero-order valence-electron chi connectivity index (χ0n) is 23.5. The lowest BCUT2D eigenvalue weighted by Gasteiger charge is -2.19. The summed E-state index contributed by atoms with van der Waals surface area (Å²) in [5.74, 6) is -3.84. The minimum Gasteiger partial charge on any atom is -0.481 e. The van der Waals surface area contributed by atoms with Crippen LogP contribution in [0, 0.1) is 0 Å². The Bertz CT molecular complexity index is 1420. The molecule has 0 saturated carbocycles. The number of unbranched alkanes of at least 4 members (excludes halogenated alkanes) is 1. The number of fused-ring (bicyclic) bond motifs is 1. The summed E-state index contributed by atoms with van der Waals surface area (Å²) in [5, 5.41) is 28.6. The van der Waals surface area contributed by atoms with Gasteiger partial charge in [-0.05, 0) is 50.1 Å². The van der Waals surface area contributed by atoms with Crippen molar-refractivity contribution in [3.63, 3.8) is 0 Å². The Labute approximate surface area is 246 Å². The van der Waals surface area contributed by atoms with Gasteiger partial charge >= 0.3 is 17.9 Å². The van der Waals surface area contributed by atoms with Crippen molar-refractivity contribution >= 4 is 52.4 Å². The Hall–Kier alpha value is -5.16. The van der Waals surface area contributed by atoms with E-state index in [0.717, 1.165) is 18.5 Å². The number of carbonyl (C=O) groups is 4. The maximum atomic E-state index is 12.4. The van der Waals surface area contributed by atoms with E-state index < -0.39 is 35.9 Å². The van der Waals surface area contributed by atoms with Gasteiger partial charge in [-0.2, -0.15) is 9.97 Å². The number of carboxylic acid groups (broad SMARTS) is 3. The van der Waals surface area contributed by atoms with E-state index in [4.69, 9.17) is 33.1 Å². The van der Waals surface area contributed by atoms with Crippen LogP contribution in [0.15, 0.2) is 30.5 Å². The SMILES string of the molecule is CN(Cc1cnc2nc(N)nc(N)c2n1)c1ccc(C(=O)N[C@@H](CCC(=O)O)C(=O)O)cc1.NCCCC[C@H](N)C(=O)O. The van der Waals surface area contributed by atoms with Gasteiger partial charge in [-0.25, -0.2) is 14.8 Å². The fraction of sp³-hybridized carbons (Fsp3) is 0.385. The molecule has 1 aromatic carbocycles. The van der Waals surface area contributed by atoms with Gasteiger partial charge in [0.2, 0.25) is 5.95 Å². The first kappa shape index (κ1) is 34.0. The van der Waals surface area contributed by atoms with Crippen LogP contribution in [0.2, 0.25) is 0 Å². The van der Waals surface area contributed by atoms with Gasteiger partial charge in [-0.15, -0.1) is 0 Å². The number of nitrogens with zero attached hydrogens (tertiary/aromatic N) is 5. The molecule has 17 nitrogen and oxygen atoms in total. The van der Waals surface area contributed by atoms with Gasteiger partial charge in [0.25, 0.3) is 5.91 Å². The third-order valence-corrected chi connectivity index (χ3v) is 6.01. The van der Waals surface area contributed by atoms with Crippen LogP contribution < -0.4 is 33.2 Å². The van der Waals surface area contributed by atoms with Gasteiger partial charge in [-0.3, -0.25) is 14.4 Å². The monoisotopic (exact) mass is 600 g/mol. The number of rotatable bonds is 14. The Balaban J connectivity index is 0.000000553. The van der Waals surface area contributed by atoms with Crippen LogP contribution in [0.3, 0.4) is 0 Å². The lowest BCUT2D eigenvalue weighted by Crippen LogP contribution is -2.41. The molecule has 0 radical (unpaired) electrons. The molecule has 0 aliphatic rings. The normalized spacial score (nSPS) is 12.0. The van der Waals surface area contributed by atoms with Crippen molar-refractivity contribution in [2.75, 3.05) is 30.0 Å². The number of aromatic nitrogens is 4. The quantitative estimate of drug-likeness (QED) is 0.111. The summed E-state index contributed by atoms with van der Waals surface area (Å²) >= 11 is 0. The lowest BCUT2D eigenvalue weighted by molar-refractivity contribution is -0.141. The van der Waals surface area contributed by atoms with Crippen LogP contribution in [-0.4, -0.2) is 84.7 Å². The molecule has 0 bridgehead atoms. The molecular formula is C26H36N10O7. The number of nitrogen functional groups attached to an aromatic ring is 2. The predicted octanol–water partition coefficient (Wildman–Crippen LogP) is -0.204. The van der Waals surface area contributed by atoms with Crippen molar-refractivity contribution in [1.82, 2.24) is 25.3 Å². The average Bonchev–Trinajstić information content (AvgIpc) is 2.95. The molecule has 0 fully saturated rings.